The molecule has 2 atom stereocenters. The zero-order valence-corrected chi connectivity index (χ0v) is 16.6. The lowest BCUT2D eigenvalue weighted by atomic mass is 10.1. The Kier molecular flexibility index (Phi) is 8.92. The van der Waals surface area contributed by atoms with Crippen molar-refractivity contribution in [3.8, 4) is 11.5 Å². The van der Waals surface area contributed by atoms with E-state index in [4.69, 9.17) is 15.2 Å². The fourth-order valence-corrected chi connectivity index (χ4v) is 2.74. The van der Waals surface area contributed by atoms with Crippen molar-refractivity contribution in [2.24, 2.45) is 5.73 Å². The van der Waals surface area contributed by atoms with Gasteiger partial charge in [0.2, 0.25) is 0 Å². The molecule has 9 nitrogen and oxygen atoms in total. The number of benzene rings is 1. The minimum Gasteiger partial charge on any atom is -0.508 e. The lowest BCUT2D eigenvalue weighted by Crippen LogP contribution is -2.32. The molecule has 1 aromatic carbocycles. The summed E-state index contributed by atoms with van der Waals surface area (Å²) in [7, 11) is 0. The predicted molar refractivity (Wildman–Crippen MR) is 108 cm³/mol. The van der Waals surface area contributed by atoms with E-state index < -0.39 is 0 Å². The minimum absolute atomic E-state index is 0.0368. The molecule has 0 bridgehead atoms. The van der Waals surface area contributed by atoms with Gasteiger partial charge in [0.15, 0.2) is 5.11 Å². The summed E-state index contributed by atoms with van der Waals surface area (Å²) in [5.41, 5.74) is 5.72. The smallest absolute Gasteiger partial charge is 0.163 e. The highest BCUT2D eigenvalue weighted by Gasteiger charge is 2.21. The average Bonchev–Trinajstić information content (AvgIpc) is 3.08. The maximum Gasteiger partial charge on any atom is 0.163 e. The van der Waals surface area contributed by atoms with Crippen LogP contribution in [0.25, 0.3) is 0 Å². The molecule has 2 heterocycles. The maximum atomic E-state index is 9.63. The molecular weight excluding hydrogens is 382 g/mol. The number of hydrogen-bond donors (Lipinski definition) is 4. The van der Waals surface area contributed by atoms with Crippen LogP contribution < -0.4 is 15.8 Å². The van der Waals surface area contributed by atoms with Crippen LogP contribution in [0.1, 0.15) is 25.5 Å². The third kappa shape index (κ3) is 8.07. The summed E-state index contributed by atoms with van der Waals surface area (Å²) in [4.78, 5) is 0. The summed E-state index contributed by atoms with van der Waals surface area (Å²) in [5, 5.41) is 30.2. The Labute approximate surface area is 169 Å². The van der Waals surface area contributed by atoms with E-state index in [0.717, 1.165) is 6.54 Å². The SMILES string of the molecule is CCNC(N)=S.Oc1cccc(OCc2cn(CC3CC(O)CCO3)nn2)c1. The van der Waals surface area contributed by atoms with E-state index in [1.54, 1.807) is 35.1 Å². The number of hydrogen-bond acceptors (Lipinski definition) is 7. The largest absolute Gasteiger partial charge is 0.508 e. The van der Waals surface area contributed by atoms with Gasteiger partial charge in [-0.1, -0.05) is 11.3 Å². The van der Waals surface area contributed by atoms with Crippen molar-refractivity contribution in [3.05, 3.63) is 36.2 Å². The zero-order chi connectivity index (χ0) is 20.4. The van der Waals surface area contributed by atoms with Crippen LogP contribution in [0.15, 0.2) is 30.5 Å². The van der Waals surface area contributed by atoms with Crippen molar-refractivity contribution in [2.75, 3.05) is 13.2 Å². The summed E-state index contributed by atoms with van der Waals surface area (Å²) in [5.74, 6) is 0.738. The second kappa shape index (κ2) is 11.4. The van der Waals surface area contributed by atoms with E-state index in [1.165, 1.54) is 0 Å². The molecule has 2 unspecified atom stereocenters. The van der Waals surface area contributed by atoms with Crippen LogP contribution in [0.3, 0.4) is 0 Å². The van der Waals surface area contributed by atoms with Gasteiger partial charge in [0.25, 0.3) is 0 Å². The van der Waals surface area contributed by atoms with Gasteiger partial charge in [-0.15, -0.1) is 5.10 Å². The molecule has 28 heavy (non-hydrogen) atoms. The summed E-state index contributed by atoms with van der Waals surface area (Å²) in [6.45, 7) is 4.18. The van der Waals surface area contributed by atoms with Gasteiger partial charge >= 0.3 is 0 Å². The van der Waals surface area contributed by atoms with Crippen molar-refractivity contribution in [3.63, 3.8) is 0 Å². The zero-order valence-electron chi connectivity index (χ0n) is 15.8. The number of nitrogens with one attached hydrogen (secondary N) is 1. The van der Waals surface area contributed by atoms with Crippen LogP contribution in [0.5, 0.6) is 11.5 Å². The molecular formula is C18H27N5O4S. The molecule has 2 aromatic rings. The lowest BCUT2D eigenvalue weighted by molar-refractivity contribution is -0.0512. The molecule has 10 heteroatoms. The van der Waals surface area contributed by atoms with E-state index in [0.29, 0.717) is 42.5 Å². The van der Waals surface area contributed by atoms with Gasteiger partial charge in [-0.25, -0.2) is 4.68 Å². The highest BCUT2D eigenvalue weighted by atomic mass is 32.1. The first-order valence-corrected chi connectivity index (χ1v) is 9.51. The third-order valence-corrected chi connectivity index (χ3v) is 4.02. The fraction of sp³-hybridized carbons (Fsp3) is 0.500. The number of rotatable bonds is 6. The van der Waals surface area contributed by atoms with Crippen LogP contribution in [0.2, 0.25) is 0 Å². The average molecular weight is 410 g/mol. The molecule has 154 valence electrons. The number of nitrogens with zero attached hydrogens (tertiary/aromatic N) is 3. The Morgan fingerprint density at radius 2 is 2.32 bits per heavy atom. The van der Waals surface area contributed by atoms with Crippen molar-refractivity contribution in [1.82, 2.24) is 20.3 Å². The summed E-state index contributed by atoms with van der Waals surface area (Å²) in [6, 6.07) is 6.61. The molecule has 0 radical (unpaired) electrons. The number of nitrogens with two attached hydrogens (primary N) is 1. The van der Waals surface area contributed by atoms with Crippen molar-refractivity contribution in [1.29, 1.82) is 0 Å². The van der Waals surface area contributed by atoms with Crippen molar-refractivity contribution in [2.45, 2.75) is 45.1 Å². The lowest BCUT2D eigenvalue weighted by Gasteiger charge is -2.26. The Morgan fingerprint density at radius 3 is 2.96 bits per heavy atom. The number of ether oxygens (including phenoxy) is 2. The topological polar surface area (TPSA) is 128 Å². The van der Waals surface area contributed by atoms with Gasteiger partial charge in [0.1, 0.15) is 23.8 Å². The number of aromatic hydroxyl groups is 1. The van der Waals surface area contributed by atoms with E-state index in [1.807, 2.05) is 6.92 Å². The van der Waals surface area contributed by atoms with Gasteiger partial charge in [0.05, 0.1) is 24.9 Å². The molecule has 1 aliphatic rings. The molecule has 0 spiro atoms. The van der Waals surface area contributed by atoms with Gasteiger partial charge in [0, 0.05) is 25.6 Å². The number of aliphatic hydroxyl groups is 1. The number of phenolic OH excluding ortho intramolecular Hbond substituents is 1. The molecule has 1 saturated heterocycles. The molecule has 5 N–H and O–H groups in total. The van der Waals surface area contributed by atoms with Crippen LogP contribution in [0, 0.1) is 0 Å². The molecule has 1 aliphatic heterocycles. The minimum atomic E-state index is -0.296. The van der Waals surface area contributed by atoms with E-state index in [2.05, 4.69) is 27.8 Å². The Morgan fingerprint density at radius 1 is 1.50 bits per heavy atom. The molecule has 0 amide bonds. The Bertz CT molecular complexity index is 742. The van der Waals surface area contributed by atoms with Crippen LogP contribution in [0.4, 0.5) is 0 Å². The highest BCUT2D eigenvalue weighted by molar-refractivity contribution is 7.80. The van der Waals surface area contributed by atoms with Crippen LogP contribution >= 0.6 is 12.2 Å². The Hall–Kier alpha value is -2.43. The standard InChI is InChI=1S/C15H19N3O4.C3H8N2S/c19-12-2-1-3-14(6-12)22-10-11-8-18(17-16-11)9-15-7-13(20)4-5-21-15;1-2-5-3(4)6/h1-3,6,8,13,15,19-20H,4-5,7,9-10H2;2H2,1H3,(H3,4,5,6). The third-order valence-electron chi connectivity index (χ3n) is 3.87. The molecule has 3 rings (SSSR count). The molecule has 0 saturated carbocycles. The quantitative estimate of drug-likeness (QED) is 0.515. The van der Waals surface area contributed by atoms with Gasteiger partial charge < -0.3 is 30.7 Å². The fourth-order valence-electron chi connectivity index (χ4n) is 2.59. The first kappa shape index (κ1) is 21.9. The number of aromatic nitrogens is 3. The van der Waals surface area contributed by atoms with Gasteiger partial charge in [-0.3, -0.25) is 0 Å². The summed E-state index contributed by atoms with van der Waals surface area (Å²) in [6.07, 6.45) is 2.78. The van der Waals surface area contributed by atoms with E-state index in [-0.39, 0.29) is 24.6 Å². The van der Waals surface area contributed by atoms with Crippen molar-refractivity contribution >= 4 is 17.3 Å². The molecule has 1 fully saturated rings. The normalized spacial score (nSPS) is 18.6. The second-order valence-electron chi connectivity index (χ2n) is 6.28. The monoisotopic (exact) mass is 409 g/mol. The first-order chi connectivity index (χ1) is 13.5. The highest BCUT2D eigenvalue weighted by Crippen LogP contribution is 2.19. The maximum absolute atomic E-state index is 9.63. The second-order valence-corrected chi connectivity index (χ2v) is 6.72. The van der Waals surface area contributed by atoms with Gasteiger partial charge in [-0.05, 0) is 37.7 Å². The first-order valence-electron chi connectivity index (χ1n) is 9.10. The van der Waals surface area contributed by atoms with E-state index in [9.17, 15) is 10.2 Å². The van der Waals surface area contributed by atoms with E-state index >= 15 is 0 Å². The van der Waals surface area contributed by atoms with Crippen LogP contribution in [-0.2, 0) is 17.9 Å². The molecule has 1 aromatic heterocycles. The Balaban J connectivity index is 0.000000409. The predicted octanol–water partition coefficient (Wildman–Crippen LogP) is 0.942. The summed E-state index contributed by atoms with van der Waals surface area (Å²) >= 11 is 4.46. The van der Waals surface area contributed by atoms with Crippen molar-refractivity contribution < 1.29 is 19.7 Å². The van der Waals surface area contributed by atoms with Crippen LogP contribution in [-0.4, -0.2) is 55.7 Å². The number of phenols is 1. The summed E-state index contributed by atoms with van der Waals surface area (Å²) < 4.78 is 12.8. The van der Waals surface area contributed by atoms with Gasteiger partial charge in [-0.2, -0.15) is 0 Å². The number of thiocarbonyl (C=S) groups is 1. The molecule has 0 aliphatic carbocycles. The number of aliphatic hydroxyl groups excluding tert-OH is 1.